The van der Waals surface area contributed by atoms with Crippen LogP contribution in [-0.4, -0.2) is 65.3 Å². The molecule has 0 aliphatic carbocycles. The minimum absolute atomic E-state index is 0.0546. The third kappa shape index (κ3) is 5.77. The van der Waals surface area contributed by atoms with E-state index in [9.17, 15) is 4.79 Å². The molecule has 5 rings (SSSR count). The number of hydrogen-bond acceptors (Lipinski definition) is 4. The van der Waals surface area contributed by atoms with E-state index in [2.05, 4.69) is 29.2 Å². The molecule has 1 saturated heterocycles. The number of hydrogen-bond donors (Lipinski definition) is 0. The summed E-state index contributed by atoms with van der Waals surface area (Å²) in [5.41, 5.74) is 3.91. The van der Waals surface area contributed by atoms with Gasteiger partial charge in [0.1, 0.15) is 11.4 Å². The molecular formula is C30H29ClN4O2. The Morgan fingerprint density at radius 2 is 1.70 bits per heavy atom. The molecule has 1 aliphatic rings. The fourth-order valence-electron chi connectivity index (χ4n) is 4.46. The predicted molar refractivity (Wildman–Crippen MR) is 148 cm³/mol. The molecule has 188 valence electrons. The number of para-hydroxylation sites is 1. The molecule has 1 amide bonds. The van der Waals surface area contributed by atoms with Gasteiger partial charge in [-0.15, -0.1) is 0 Å². The lowest BCUT2D eigenvalue weighted by Gasteiger charge is -2.34. The molecule has 6 nitrogen and oxygen atoms in total. The lowest BCUT2D eigenvalue weighted by atomic mass is 10.1. The van der Waals surface area contributed by atoms with E-state index in [0.29, 0.717) is 35.2 Å². The average molecular weight is 513 g/mol. The van der Waals surface area contributed by atoms with Crippen LogP contribution in [0.4, 0.5) is 0 Å². The Balaban J connectivity index is 1.34. The highest BCUT2D eigenvalue weighted by Crippen LogP contribution is 2.28. The zero-order valence-electron chi connectivity index (χ0n) is 20.8. The molecule has 0 unspecified atom stereocenters. The summed E-state index contributed by atoms with van der Waals surface area (Å²) in [6, 6.07) is 27.2. The van der Waals surface area contributed by atoms with Crippen molar-refractivity contribution in [3.05, 3.63) is 107 Å². The van der Waals surface area contributed by atoms with Crippen LogP contribution in [-0.2, 0) is 0 Å². The van der Waals surface area contributed by atoms with Gasteiger partial charge in [-0.1, -0.05) is 78.4 Å². The van der Waals surface area contributed by atoms with Gasteiger partial charge in [0.2, 0.25) is 0 Å². The van der Waals surface area contributed by atoms with Crippen molar-refractivity contribution in [3.63, 3.8) is 0 Å². The van der Waals surface area contributed by atoms with Gasteiger partial charge < -0.3 is 9.64 Å². The summed E-state index contributed by atoms with van der Waals surface area (Å²) >= 11 is 6.52. The van der Waals surface area contributed by atoms with E-state index in [-0.39, 0.29) is 5.91 Å². The van der Waals surface area contributed by atoms with Crippen molar-refractivity contribution in [3.8, 4) is 22.7 Å². The van der Waals surface area contributed by atoms with Crippen LogP contribution in [0.25, 0.3) is 23.0 Å². The topological polar surface area (TPSA) is 50.6 Å². The Morgan fingerprint density at radius 3 is 2.46 bits per heavy atom. The summed E-state index contributed by atoms with van der Waals surface area (Å²) in [7, 11) is 1.63. The summed E-state index contributed by atoms with van der Waals surface area (Å²) in [5, 5.41) is 5.33. The number of halogens is 1. The lowest BCUT2D eigenvalue weighted by molar-refractivity contribution is 0.0641. The largest absolute Gasteiger partial charge is 0.497 e. The zero-order valence-corrected chi connectivity index (χ0v) is 21.5. The monoisotopic (exact) mass is 512 g/mol. The quantitative estimate of drug-likeness (QED) is 0.320. The standard InChI is InChI=1S/C30H29ClN4O2/c1-37-25-13-7-12-24(21-25)27-22-29(35(32-27)28-15-6-5-14-26(28)31)30(36)34-19-17-33(18-20-34)16-8-11-23-9-3-2-4-10-23/h2-15,21-22H,16-20H2,1H3. The minimum atomic E-state index is -0.0546. The second-order valence-corrected chi connectivity index (χ2v) is 9.32. The summed E-state index contributed by atoms with van der Waals surface area (Å²) in [5.74, 6) is 0.677. The highest BCUT2D eigenvalue weighted by molar-refractivity contribution is 6.32. The second kappa shape index (κ2) is 11.5. The van der Waals surface area contributed by atoms with Crippen molar-refractivity contribution in [1.82, 2.24) is 19.6 Å². The number of rotatable bonds is 7. The Kier molecular flexibility index (Phi) is 7.68. The van der Waals surface area contributed by atoms with E-state index in [1.165, 1.54) is 5.56 Å². The van der Waals surface area contributed by atoms with Crippen molar-refractivity contribution in [1.29, 1.82) is 0 Å². The Labute approximate surface area is 222 Å². The van der Waals surface area contributed by atoms with Gasteiger partial charge in [0.15, 0.2) is 0 Å². The number of ether oxygens (including phenoxy) is 1. The number of amides is 1. The molecule has 0 saturated carbocycles. The molecule has 4 aromatic rings. The maximum absolute atomic E-state index is 13.7. The summed E-state index contributed by atoms with van der Waals surface area (Å²) in [4.78, 5) is 18.0. The maximum Gasteiger partial charge on any atom is 0.272 e. The smallest absolute Gasteiger partial charge is 0.272 e. The summed E-state index contributed by atoms with van der Waals surface area (Å²) in [6.07, 6.45) is 4.32. The van der Waals surface area contributed by atoms with Crippen molar-refractivity contribution < 1.29 is 9.53 Å². The van der Waals surface area contributed by atoms with Crippen LogP contribution in [0.15, 0.2) is 91.0 Å². The first-order valence-electron chi connectivity index (χ1n) is 12.3. The van der Waals surface area contributed by atoms with Crippen LogP contribution in [0.3, 0.4) is 0 Å². The highest BCUT2D eigenvalue weighted by atomic mass is 35.5. The summed E-state index contributed by atoms with van der Waals surface area (Å²) in [6.45, 7) is 3.79. The second-order valence-electron chi connectivity index (χ2n) is 8.92. The van der Waals surface area contributed by atoms with Crippen molar-refractivity contribution in [2.75, 3.05) is 39.8 Å². The van der Waals surface area contributed by atoms with Gasteiger partial charge in [-0.05, 0) is 35.9 Å². The van der Waals surface area contributed by atoms with Gasteiger partial charge in [0, 0.05) is 38.3 Å². The van der Waals surface area contributed by atoms with Crippen molar-refractivity contribution in [2.45, 2.75) is 0 Å². The number of carbonyl (C=O) groups is 1. The molecule has 3 aromatic carbocycles. The molecular weight excluding hydrogens is 484 g/mol. The Hall–Kier alpha value is -3.87. The molecule has 7 heteroatoms. The van der Waals surface area contributed by atoms with Gasteiger partial charge in [0.25, 0.3) is 5.91 Å². The number of methoxy groups -OCH3 is 1. The third-order valence-corrected chi connectivity index (χ3v) is 6.83. The SMILES string of the molecule is COc1cccc(-c2cc(C(=O)N3CCN(CC=Cc4ccccc4)CC3)n(-c3ccccc3Cl)n2)c1. The van der Waals surface area contributed by atoms with Gasteiger partial charge in [-0.2, -0.15) is 5.10 Å². The first-order chi connectivity index (χ1) is 18.1. The minimum Gasteiger partial charge on any atom is -0.497 e. The fourth-order valence-corrected chi connectivity index (χ4v) is 4.68. The molecule has 1 aliphatic heterocycles. The highest BCUT2D eigenvalue weighted by Gasteiger charge is 2.26. The van der Waals surface area contributed by atoms with Crippen LogP contribution in [0, 0.1) is 0 Å². The molecule has 0 spiro atoms. The number of benzene rings is 3. The van der Waals surface area contributed by atoms with Crippen LogP contribution in [0.5, 0.6) is 5.75 Å². The first kappa shape index (κ1) is 24.8. The van der Waals surface area contributed by atoms with Gasteiger partial charge in [-0.25, -0.2) is 4.68 Å². The normalized spacial score (nSPS) is 14.3. The predicted octanol–water partition coefficient (Wildman–Crippen LogP) is 5.67. The van der Waals surface area contributed by atoms with Gasteiger partial charge in [0.05, 0.1) is 23.5 Å². The van der Waals surface area contributed by atoms with Crippen LogP contribution in [0.1, 0.15) is 16.1 Å². The van der Waals surface area contributed by atoms with E-state index in [4.69, 9.17) is 21.4 Å². The molecule has 1 fully saturated rings. The number of piperazine rings is 1. The van der Waals surface area contributed by atoms with Crippen molar-refractivity contribution >= 4 is 23.6 Å². The molecule has 0 N–H and O–H groups in total. The van der Waals surface area contributed by atoms with E-state index in [0.717, 1.165) is 30.9 Å². The zero-order chi connectivity index (χ0) is 25.6. The number of aromatic nitrogens is 2. The first-order valence-corrected chi connectivity index (χ1v) is 12.7. The number of nitrogens with zero attached hydrogens (tertiary/aromatic N) is 4. The fraction of sp³-hybridized carbons (Fsp3) is 0.200. The van der Waals surface area contributed by atoms with Crippen LogP contribution < -0.4 is 4.74 Å². The third-order valence-electron chi connectivity index (χ3n) is 6.51. The maximum atomic E-state index is 13.7. The Morgan fingerprint density at radius 1 is 0.946 bits per heavy atom. The van der Waals surface area contributed by atoms with Crippen molar-refractivity contribution in [2.24, 2.45) is 0 Å². The van der Waals surface area contributed by atoms with E-state index >= 15 is 0 Å². The Bertz CT molecular complexity index is 1390. The summed E-state index contributed by atoms with van der Waals surface area (Å²) < 4.78 is 7.04. The lowest BCUT2D eigenvalue weighted by Crippen LogP contribution is -2.49. The van der Waals surface area contributed by atoms with E-state index < -0.39 is 0 Å². The average Bonchev–Trinajstić information content (AvgIpc) is 3.39. The molecule has 0 bridgehead atoms. The van der Waals surface area contributed by atoms with Gasteiger partial charge in [-0.3, -0.25) is 9.69 Å². The van der Waals surface area contributed by atoms with Crippen LogP contribution >= 0.6 is 11.6 Å². The molecule has 0 radical (unpaired) electrons. The van der Waals surface area contributed by atoms with Crippen LogP contribution in [0.2, 0.25) is 5.02 Å². The van der Waals surface area contributed by atoms with E-state index in [1.54, 1.807) is 17.9 Å². The number of carbonyl (C=O) groups excluding carboxylic acids is 1. The van der Waals surface area contributed by atoms with E-state index in [1.807, 2.05) is 71.6 Å². The van der Waals surface area contributed by atoms with Gasteiger partial charge >= 0.3 is 0 Å². The molecule has 0 atom stereocenters. The molecule has 2 heterocycles. The molecule has 1 aromatic heterocycles. The molecule has 37 heavy (non-hydrogen) atoms.